The zero-order valence-corrected chi connectivity index (χ0v) is 15.5. The van der Waals surface area contributed by atoms with Crippen LogP contribution in [0.2, 0.25) is 0 Å². The second-order valence-corrected chi connectivity index (χ2v) is 7.96. The lowest BCUT2D eigenvalue weighted by atomic mass is 9.66. The van der Waals surface area contributed by atoms with Crippen molar-refractivity contribution in [2.45, 2.75) is 57.8 Å². The third-order valence-corrected chi connectivity index (χ3v) is 6.57. The van der Waals surface area contributed by atoms with Gasteiger partial charge < -0.3 is 14.6 Å². The monoisotopic (exact) mass is 349 g/mol. The molecule has 3 fully saturated rings. The zero-order valence-electron chi connectivity index (χ0n) is 15.5. The van der Waals surface area contributed by atoms with Crippen LogP contribution in [0.25, 0.3) is 0 Å². The lowest BCUT2D eigenvalue weighted by molar-refractivity contribution is -0.221. The van der Waals surface area contributed by atoms with Gasteiger partial charge in [0.25, 0.3) is 0 Å². The van der Waals surface area contributed by atoms with Crippen LogP contribution < -0.4 is 0 Å². The smallest absolute Gasteiger partial charge is 0.0796 e. The molecule has 140 valence electrons. The Morgan fingerprint density at radius 2 is 2.16 bits per heavy atom. The largest absolute Gasteiger partial charge is 0.389 e. The molecule has 0 amide bonds. The van der Waals surface area contributed by atoms with Crippen molar-refractivity contribution in [3.63, 3.8) is 0 Å². The number of hydrogen-bond acceptors (Lipinski definition) is 5. The van der Waals surface area contributed by atoms with Crippen LogP contribution in [0.3, 0.4) is 0 Å². The van der Waals surface area contributed by atoms with E-state index in [4.69, 9.17) is 9.47 Å². The van der Waals surface area contributed by atoms with Crippen LogP contribution in [0, 0.1) is 18.8 Å². The van der Waals surface area contributed by atoms with Crippen molar-refractivity contribution >= 4 is 0 Å². The number of rotatable bonds is 4. The number of piperidine rings is 1. The quantitative estimate of drug-likeness (QED) is 0.894. The first-order valence-electron chi connectivity index (χ1n) is 9.76. The Bertz CT molecular complexity index is 605. The fraction of sp³-hybridized carbons (Fsp3) is 0.842. The van der Waals surface area contributed by atoms with Crippen LogP contribution in [0.5, 0.6) is 0 Å². The average Bonchev–Trinajstić information content (AvgIpc) is 2.96. The standard InChI is InChI=1S/C19H31N3O3/c1-3-6-22-14(2)15(9-20-22)10-21-11-16-12-25-8-5-19(16,23)17-13-24-7-4-18(17)21/h9,16-18,23H,3-8,10-13H2,1-2H3/t16-,17+,18-,19-/m0/s1. The molecule has 6 heteroatoms. The molecule has 3 aliphatic heterocycles. The van der Waals surface area contributed by atoms with E-state index in [-0.39, 0.29) is 11.8 Å². The first-order chi connectivity index (χ1) is 12.1. The number of hydrogen-bond donors (Lipinski definition) is 1. The van der Waals surface area contributed by atoms with Gasteiger partial charge in [-0.25, -0.2) is 0 Å². The molecule has 4 atom stereocenters. The van der Waals surface area contributed by atoms with Gasteiger partial charge in [0.05, 0.1) is 25.0 Å². The van der Waals surface area contributed by atoms with Crippen molar-refractivity contribution in [1.82, 2.24) is 14.7 Å². The van der Waals surface area contributed by atoms with Gasteiger partial charge >= 0.3 is 0 Å². The molecule has 1 aromatic heterocycles. The molecule has 3 aliphatic rings. The maximum Gasteiger partial charge on any atom is 0.0796 e. The molecule has 0 aromatic carbocycles. The van der Waals surface area contributed by atoms with Gasteiger partial charge in [-0.2, -0.15) is 5.10 Å². The predicted octanol–water partition coefficient (Wildman–Crippen LogP) is 1.59. The Morgan fingerprint density at radius 1 is 1.32 bits per heavy atom. The maximum absolute atomic E-state index is 11.4. The first-order valence-corrected chi connectivity index (χ1v) is 9.76. The molecule has 4 heterocycles. The highest BCUT2D eigenvalue weighted by atomic mass is 16.5. The van der Waals surface area contributed by atoms with Gasteiger partial charge in [0, 0.05) is 68.4 Å². The molecular weight excluding hydrogens is 318 g/mol. The Kier molecular flexibility index (Phi) is 4.88. The van der Waals surface area contributed by atoms with Crippen molar-refractivity contribution in [2.24, 2.45) is 11.8 Å². The fourth-order valence-corrected chi connectivity index (χ4v) is 5.05. The molecule has 0 unspecified atom stereocenters. The molecule has 1 aromatic rings. The van der Waals surface area contributed by atoms with Crippen LogP contribution in [0.4, 0.5) is 0 Å². The Balaban J connectivity index is 1.57. The Labute approximate surface area is 150 Å². The van der Waals surface area contributed by atoms with Gasteiger partial charge in [0.1, 0.15) is 0 Å². The van der Waals surface area contributed by atoms with E-state index in [0.717, 1.165) is 45.5 Å². The Morgan fingerprint density at radius 3 is 3.00 bits per heavy atom. The number of nitrogens with zero attached hydrogens (tertiary/aromatic N) is 3. The van der Waals surface area contributed by atoms with Crippen molar-refractivity contribution < 1.29 is 14.6 Å². The minimum absolute atomic E-state index is 0.176. The van der Waals surface area contributed by atoms with Gasteiger partial charge in [-0.15, -0.1) is 0 Å². The summed E-state index contributed by atoms with van der Waals surface area (Å²) in [5, 5.41) is 16.0. The highest BCUT2D eigenvalue weighted by Gasteiger charge is 2.55. The van der Waals surface area contributed by atoms with Crippen LogP contribution >= 0.6 is 0 Å². The topological polar surface area (TPSA) is 59.8 Å². The third kappa shape index (κ3) is 3.03. The van der Waals surface area contributed by atoms with Crippen molar-refractivity contribution in [3.8, 4) is 0 Å². The minimum atomic E-state index is -0.624. The van der Waals surface area contributed by atoms with E-state index in [0.29, 0.717) is 25.9 Å². The molecule has 0 saturated carbocycles. The molecule has 25 heavy (non-hydrogen) atoms. The molecule has 0 bridgehead atoms. The van der Waals surface area contributed by atoms with E-state index < -0.39 is 5.60 Å². The van der Waals surface area contributed by atoms with Gasteiger partial charge in [0.2, 0.25) is 0 Å². The van der Waals surface area contributed by atoms with Gasteiger partial charge in [-0.05, 0) is 19.8 Å². The molecular formula is C19H31N3O3. The number of ether oxygens (including phenoxy) is 2. The zero-order chi connectivity index (χ0) is 17.4. The van der Waals surface area contributed by atoms with E-state index in [1.165, 1.54) is 11.3 Å². The fourth-order valence-electron chi connectivity index (χ4n) is 5.05. The van der Waals surface area contributed by atoms with E-state index in [2.05, 4.69) is 28.5 Å². The summed E-state index contributed by atoms with van der Waals surface area (Å²) in [6.45, 7) is 9.92. The summed E-state index contributed by atoms with van der Waals surface area (Å²) in [5.74, 6) is 0.366. The highest BCUT2D eigenvalue weighted by Crippen LogP contribution is 2.44. The average molecular weight is 349 g/mol. The number of aliphatic hydroxyl groups is 1. The van der Waals surface area contributed by atoms with E-state index >= 15 is 0 Å². The minimum Gasteiger partial charge on any atom is -0.389 e. The lowest BCUT2D eigenvalue weighted by Gasteiger charge is -2.57. The summed E-state index contributed by atoms with van der Waals surface area (Å²) in [6.07, 6.45) is 4.86. The summed E-state index contributed by atoms with van der Waals surface area (Å²) in [6, 6.07) is 0.391. The second-order valence-electron chi connectivity index (χ2n) is 7.96. The SMILES string of the molecule is CCCn1ncc(CN2C[C@H]3COCC[C@@]3(O)[C@@H]3COCC[C@@H]32)c1C. The van der Waals surface area contributed by atoms with Gasteiger partial charge in [-0.1, -0.05) is 6.92 Å². The number of likely N-dealkylation sites (tertiary alicyclic amines) is 1. The van der Waals surface area contributed by atoms with Crippen molar-refractivity contribution in [1.29, 1.82) is 0 Å². The molecule has 0 aliphatic carbocycles. The maximum atomic E-state index is 11.4. The highest BCUT2D eigenvalue weighted by molar-refractivity contribution is 5.17. The summed E-state index contributed by atoms with van der Waals surface area (Å²) < 4.78 is 13.6. The molecule has 0 spiro atoms. The summed E-state index contributed by atoms with van der Waals surface area (Å²) in [4.78, 5) is 2.56. The first kappa shape index (κ1) is 17.5. The van der Waals surface area contributed by atoms with Crippen LogP contribution in [0.15, 0.2) is 6.20 Å². The molecule has 0 radical (unpaired) electrons. The lowest BCUT2D eigenvalue weighted by Crippen LogP contribution is -2.67. The van der Waals surface area contributed by atoms with Crippen molar-refractivity contribution in [2.75, 3.05) is 33.0 Å². The Hall–Kier alpha value is -0.950. The molecule has 3 saturated heterocycles. The van der Waals surface area contributed by atoms with E-state index in [9.17, 15) is 5.11 Å². The summed E-state index contributed by atoms with van der Waals surface area (Å²) >= 11 is 0. The van der Waals surface area contributed by atoms with E-state index in [1.54, 1.807) is 0 Å². The van der Waals surface area contributed by atoms with Crippen LogP contribution in [0.1, 0.15) is 37.4 Å². The number of fused-ring (bicyclic) bond motifs is 3. The van der Waals surface area contributed by atoms with Gasteiger partial charge in [0.15, 0.2) is 0 Å². The summed E-state index contributed by atoms with van der Waals surface area (Å²) in [7, 11) is 0. The molecule has 6 nitrogen and oxygen atoms in total. The normalized spacial score (nSPS) is 36.0. The second kappa shape index (κ2) is 6.99. The summed E-state index contributed by atoms with van der Waals surface area (Å²) in [5.41, 5.74) is 1.95. The predicted molar refractivity (Wildman–Crippen MR) is 94.3 cm³/mol. The molecule has 4 rings (SSSR count). The number of aryl methyl sites for hydroxylation is 1. The molecule has 1 N–H and O–H groups in total. The third-order valence-electron chi connectivity index (χ3n) is 6.57. The van der Waals surface area contributed by atoms with Gasteiger partial charge in [-0.3, -0.25) is 9.58 Å². The van der Waals surface area contributed by atoms with E-state index in [1.807, 2.05) is 6.20 Å². The number of aromatic nitrogens is 2. The van der Waals surface area contributed by atoms with Crippen molar-refractivity contribution in [3.05, 3.63) is 17.5 Å². The van der Waals surface area contributed by atoms with Crippen LogP contribution in [-0.4, -0.2) is 64.4 Å². The van der Waals surface area contributed by atoms with Crippen LogP contribution in [-0.2, 0) is 22.6 Å².